The zero-order valence-corrected chi connectivity index (χ0v) is 19.1. The van der Waals surface area contributed by atoms with Gasteiger partial charge in [-0.15, -0.1) is 22.7 Å². The number of thiazole rings is 1. The van der Waals surface area contributed by atoms with Gasteiger partial charge in [-0.25, -0.2) is 4.98 Å². The average Bonchev–Trinajstić information content (AvgIpc) is 3.25. The molecule has 5 nitrogen and oxygen atoms in total. The van der Waals surface area contributed by atoms with E-state index in [1.807, 2.05) is 25.1 Å². The number of anilines is 1. The molecule has 0 aliphatic carbocycles. The molecule has 0 saturated heterocycles. The zero-order valence-electron chi connectivity index (χ0n) is 17.5. The third-order valence-corrected chi connectivity index (χ3v) is 7.55. The van der Waals surface area contributed by atoms with Gasteiger partial charge in [0.2, 0.25) is 5.91 Å². The van der Waals surface area contributed by atoms with Gasteiger partial charge in [0.15, 0.2) is 0 Å². The van der Waals surface area contributed by atoms with Gasteiger partial charge in [0, 0.05) is 42.5 Å². The number of para-hydroxylation sites is 1. The van der Waals surface area contributed by atoms with Crippen LogP contribution < -0.4 is 5.32 Å². The van der Waals surface area contributed by atoms with E-state index in [0.29, 0.717) is 12.5 Å². The summed E-state index contributed by atoms with van der Waals surface area (Å²) in [5.41, 5.74) is 3.54. The van der Waals surface area contributed by atoms with Crippen LogP contribution in [-0.4, -0.2) is 53.9 Å². The van der Waals surface area contributed by atoms with Gasteiger partial charge in [-0.05, 0) is 52.1 Å². The van der Waals surface area contributed by atoms with Crippen LogP contribution in [0.5, 0.6) is 0 Å². The summed E-state index contributed by atoms with van der Waals surface area (Å²) in [6.45, 7) is 7.24. The maximum Gasteiger partial charge on any atom is 0.226 e. The maximum absolute atomic E-state index is 12.6. The van der Waals surface area contributed by atoms with E-state index >= 15 is 0 Å². The fourth-order valence-corrected chi connectivity index (χ4v) is 6.07. The molecule has 0 bridgehead atoms. The fraction of sp³-hybridized carbons (Fsp3) is 0.455. The van der Waals surface area contributed by atoms with Gasteiger partial charge in [0.25, 0.3) is 0 Å². The van der Waals surface area contributed by atoms with Gasteiger partial charge >= 0.3 is 0 Å². The number of benzene rings is 1. The van der Waals surface area contributed by atoms with Crippen molar-refractivity contribution in [1.82, 2.24) is 14.8 Å². The number of carbonyl (C=O) groups is 1. The minimum absolute atomic E-state index is 0.0698. The Bertz CT molecular complexity index is 988. The molecule has 1 amide bonds. The molecule has 2 aromatic heterocycles. The van der Waals surface area contributed by atoms with Gasteiger partial charge in [-0.2, -0.15) is 0 Å². The number of thiophene rings is 1. The molecule has 154 valence electrons. The third-order valence-electron chi connectivity index (χ3n) is 5.36. The van der Waals surface area contributed by atoms with Crippen molar-refractivity contribution in [1.29, 1.82) is 0 Å². The third kappa shape index (κ3) is 4.38. The predicted molar refractivity (Wildman–Crippen MR) is 124 cm³/mol. The number of nitrogens with zero attached hydrogens (tertiary/aromatic N) is 3. The second-order valence-corrected chi connectivity index (χ2v) is 10.2. The van der Waals surface area contributed by atoms with E-state index in [1.165, 1.54) is 15.1 Å². The highest BCUT2D eigenvalue weighted by molar-refractivity contribution is 7.22. The lowest BCUT2D eigenvalue weighted by molar-refractivity contribution is -0.116. The molecule has 1 N–H and O–H groups in total. The van der Waals surface area contributed by atoms with Gasteiger partial charge in [0.05, 0.1) is 10.2 Å². The summed E-state index contributed by atoms with van der Waals surface area (Å²) < 4.78 is 1.19. The van der Waals surface area contributed by atoms with Crippen LogP contribution in [-0.2, 0) is 17.8 Å². The van der Waals surface area contributed by atoms with Crippen LogP contribution >= 0.6 is 22.7 Å². The maximum atomic E-state index is 12.6. The Morgan fingerprint density at radius 3 is 2.79 bits per heavy atom. The number of amides is 1. The molecule has 29 heavy (non-hydrogen) atoms. The summed E-state index contributed by atoms with van der Waals surface area (Å²) in [6, 6.07) is 8.78. The van der Waals surface area contributed by atoms with Crippen molar-refractivity contribution in [3.63, 3.8) is 0 Å². The Balaban J connectivity index is 1.72. The molecule has 0 unspecified atom stereocenters. The molecule has 0 radical (unpaired) electrons. The van der Waals surface area contributed by atoms with Crippen LogP contribution in [0.4, 0.5) is 5.00 Å². The van der Waals surface area contributed by atoms with E-state index in [4.69, 9.17) is 4.98 Å². The quantitative estimate of drug-likeness (QED) is 0.619. The first kappa shape index (κ1) is 20.5. The second kappa shape index (κ2) is 8.52. The predicted octanol–water partition coefficient (Wildman–Crippen LogP) is 4.68. The minimum Gasteiger partial charge on any atom is -0.317 e. The van der Waals surface area contributed by atoms with Crippen LogP contribution in [0.2, 0.25) is 0 Å². The summed E-state index contributed by atoms with van der Waals surface area (Å²) >= 11 is 3.45. The molecule has 7 heteroatoms. The van der Waals surface area contributed by atoms with E-state index in [2.05, 4.69) is 42.3 Å². The highest BCUT2D eigenvalue weighted by Crippen LogP contribution is 2.45. The van der Waals surface area contributed by atoms with Crippen LogP contribution in [0.3, 0.4) is 0 Å². The monoisotopic (exact) mass is 428 g/mol. The van der Waals surface area contributed by atoms with Gasteiger partial charge in [-0.3, -0.25) is 9.69 Å². The number of hydrogen-bond donors (Lipinski definition) is 1. The smallest absolute Gasteiger partial charge is 0.226 e. The first-order valence-corrected chi connectivity index (χ1v) is 11.7. The normalized spacial score (nSPS) is 14.7. The number of carbonyl (C=O) groups excluding carboxylic acids is 1. The molecular weight excluding hydrogens is 400 g/mol. The summed E-state index contributed by atoms with van der Waals surface area (Å²) in [6.07, 6.45) is 1.50. The second-order valence-electron chi connectivity index (χ2n) is 8.11. The molecule has 1 aliphatic heterocycles. The van der Waals surface area contributed by atoms with Crippen molar-refractivity contribution in [2.45, 2.75) is 39.3 Å². The lowest BCUT2D eigenvalue weighted by atomic mass is 10.0. The summed E-state index contributed by atoms with van der Waals surface area (Å²) in [5, 5.41) is 5.19. The van der Waals surface area contributed by atoms with Gasteiger partial charge in [0.1, 0.15) is 10.0 Å². The van der Waals surface area contributed by atoms with Crippen molar-refractivity contribution < 1.29 is 4.79 Å². The molecule has 1 aromatic carbocycles. The Morgan fingerprint density at radius 2 is 2.07 bits per heavy atom. The van der Waals surface area contributed by atoms with Crippen molar-refractivity contribution in [2.75, 3.05) is 32.5 Å². The molecule has 1 aliphatic rings. The standard InChI is InChI=1S/C22H28N4OS2/c1-14(2)26-12-9-15-18(13-26)29-22(24-19(27)10-11-25(3)4)20(15)21-23-16-7-5-6-8-17(16)28-21/h5-8,14H,9-13H2,1-4H3,(H,24,27). The van der Waals surface area contributed by atoms with Crippen LogP contribution in [0.25, 0.3) is 20.8 Å². The highest BCUT2D eigenvalue weighted by Gasteiger charge is 2.28. The molecule has 3 aromatic rings. The topological polar surface area (TPSA) is 48.5 Å². The number of nitrogens with one attached hydrogen (secondary N) is 1. The summed E-state index contributed by atoms with van der Waals surface area (Å²) in [7, 11) is 3.98. The van der Waals surface area contributed by atoms with Crippen LogP contribution in [0.15, 0.2) is 24.3 Å². The number of hydrogen-bond acceptors (Lipinski definition) is 6. The highest BCUT2D eigenvalue weighted by atomic mass is 32.1. The Labute approximate surface area is 180 Å². The van der Waals surface area contributed by atoms with Crippen molar-refractivity contribution in [2.24, 2.45) is 0 Å². The molecule has 4 rings (SSSR count). The molecule has 0 atom stereocenters. The summed E-state index contributed by atoms with van der Waals surface area (Å²) in [4.78, 5) is 23.4. The van der Waals surface area contributed by atoms with E-state index in [9.17, 15) is 4.79 Å². The number of rotatable bonds is 6. The van der Waals surface area contributed by atoms with Crippen LogP contribution in [0, 0.1) is 0 Å². The van der Waals surface area contributed by atoms with Crippen LogP contribution in [0.1, 0.15) is 30.7 Å². The summed E-state index contributed by atoms with van der Waals surface area (Å²) in [5.74, 6) is 0.0698. The van der Waals surface area contributed by atoms with E-state index in [-0.39, 0.29) is 5.91 Å². The van der Waals surface area contributed by atoms with E-state index < -0.39 is 0 Å². The Kier molecular flexibility index (Phi) is 6.01. The minimum atomic E-state index is 0.0698. The SMILES string of the molecule is CC(C)N1CCc2c(sc(NC(=O)CCN(C)C)c2-c2nc3ccccc3s2)C1. The zero-order chi connectivity index (χ0) is 20.5. The lowest BCUT2D eigenvalue weighted by Gasteiger charge is -2.30. The molecule has 0 saturated carbocycles. The lowest BCUT2D eigenvalue weighted by Crippen LogP contribution is -2.35. The van der Waals surface area contributed by atoms with E-state index in [1.54, 1.807) is 22.7 Å². The first-order chi connectivity index (χ1) is 13.9. The molecular formula is C22H28N4OS2. The fourth-order valence-electron chi connectivity index (χ4n) is 3.67. The van der Waals surface area contributed by atoms with Crippen molar-refractivity contribution >= 4 is 43.8 Å². The first-order valence-electron chi connectivity index (χ1n) is 10.1. The van der Waals surface area contributed by atoms with Crippen molar-refractivity contribution in [3.05, 3.63) is 34.7 Å². The largest absolute Gasteiger partial charge is 0.317 e. The van der Waals surface area contributed by atoms with Crippen molar-refractivity contribution in [3.8, 4) is 10.6 Å². The number of fused-ring (bicyclic) bond motifs is 2. The Morgan fingerprint density at radius 1 is 1.28 bits per heavy atom. The van der Waals surface area contributed by atoms with Gasteiger partial charge < -0.3 is 10.2 Å². The molecule has 0 fully saturated rings. The average molecular weight is 429 g/mol. The molecule has 0 spiro atoms. The number of aromatic nitrogens is 1. The molecule has 3 heterocycles. The van der Waals surface area contributed by atoms with Gasteiger partial charge in [-0.1, -0.05) is 12.1 Å². The Hall–Kier alpha value is -1.80. The van der Waals surface area contributed by atoms with E-state index in [0.717, 1.165) is 47.1 Å².